The standard InChI is InChI=1S/C16H28O4S2/c17-15(7-2-1-6-14-9-13-21-22-14)18-11-5-12-20-16-8-3-4-10-19-16/h14,16H,1-13H2. The van der Waals surface area contributed by atoms with Crippen LogP contribution in [-0.4, -0.2) is 43.1 Å². The first-order valence-corrected chi connectivity index (χ1v) is 10.9. The normalized spacial score (nSPS) is 25.3. The first-order valence-electron chi connectivity index (χ1n) is 8.52. The van der Waals surface area contributed by atoms with E-state index in [1.165, 1.54) is 25.0 Å². The smallest absolute Gasteiger partial charge is 0.305 e. The fourth-order valence-electron chi connectivity index (χ4n) is 2.58. The molecule has 0 radical (unpaired) electrons. The summed E-state index contributed by atoms with van der Waals surface area (Å²) in [5, 5.41) is 0.806. The highest BCUT2D eigenvalue weighted by Gasteiger charge is 2.16. The summed E-state index contributed by atoms with van der Waals surface area (Å²) in [7, 11) is 3.99. The van der Waals surface area contributed by atoms with E-state index in [9.17, 15) is 4.79 Å². The Morgan fingerprint density at radius 3 is 2.86 bits per heavy atom. The Hall–Kier alpha value is 0.0900. The minimum atomic E-state index is -0.0673. The number of hydrogen-bond donors (Lipinski definition) is 0. The van der Waals surface area contributed by atoms with Gasteiger partial charge < -0.3 is 14.2 Å². The third kappa shape index (κ3) is 8.09. The summed E-state index contributed by atoms with van der Waals surface area (Å²) in [5.41, 5.74) is 0. The van der Waals surface area contributed by atoms with Crippen LogP contribution >= 0.6 is 21.6 Å². The average molecular weight is 349 g/mol. The van der Waals surface area contributed by atoms with Crippen LogP contribution in [0.4, 0.5) is 0 Å². The molecule has 2 saturated heterocycles. The van der Waals surface area contributed by atoms with Crippen LogP contribution in [0.15, 0.2) is 0 Å². The fourth-order valence-corrected chi connectivity index (χ4v) is 5.61. The maximum Gasteiger partial charge on any atom is 0.305 e. The van der Waals surface area contributed by atoms with E-state index in [4.69, 9.17) is 14.2 Å². The van der Waals surface area contributed by atoms with Gasteiger partial charge in [0.25, 0.3) is 0 Å². The molecule has 0 saturated carbocycles. The Morgan fingerprint density at radius 1 is 1.14 bits per heavy atom. The molecule has 4 nitrogen and oxygen atoms in total. The van der Waals surface area contributed by atoms with Crippen LogP contribution in [0.1, 0.15) is 57.8 Å². The predicted octanol–water partition coefficient (Wildman–Crippen LogP) is 4.18. The lowest BCUT2D eigenvalue weighted by atomic mass is 10.1. The van der Waals surface area contributed by atoms with Crippen LogP contribution in [0, 0.1) is 0 Å². The number of hydrogen-bond acceptors (Lipinski definition) is 6. The van der Waals surface area contributed by atoms with Gasteiger partial charge in [0.15, 0.2) is 6.29 Å². The quantitative estimate of drug-likeness (QED) is 0.335. The van der Waals surface area contributed by atoms with E-state index in [1.807, 2.05) is 21.6 Å². The Labute approximate surface area is 141 Å². The van der Waals surface area contributed by atoms with Gasteiger partial charge in [-0.05, 0) is 38.5 Å². The Bertz CT molecular complexity index is 303. The molecule has 0 amide bonds. The lowest BCUT2D eigenvalue weighted by molar-refractivity contribution is -0.165. The van der Waals surface area contributed by atoms with Crippen molar-refractivity contribution in [2.24, 2.45) is 0 Å². The first kappa shape index (κ1) is 18.4. The molecule has 6 heteroatoms. The first-order chi connectivity index (χ1) is 10.8. The Balaban J connectivity index is 1.36. The SMILES string of the molecule is O=C(CCCCC1CCSS1)OCCCOC1CCCCO1. The average Bonchev–Trinajstić information content (AvgIpc) is 3.06. The van der Waals surface area contributed by atoms with E-state index in [0.29, 0.717) is 19.6 Å². The highest BCUT2D eigenvalue weighted by molar-refractivity contribution is 8.77. The molecule has 2 rings (SSSR count). The van der Waals surface area contributed by atoms with Gasteiger partial charge in [0.2, 0.25) is 0 Å². The van der Waals surface area contributed by atoms with Crippen LogP contribution in [0.25, 0.3) is 0 Å². The van der Waals surface area contributed by atoms with Crippen LogP contribution in [0.5, 0.6) is 0 Å². The van der Waals surface area contributed by atoms with Crippen molar-refractivity contribution in [3.05, 3.63) is 0 Å². The molecule has 2 atom stereocenters. The predicted molar refractivity (Wildman–Crippen MR) is 92.0 cm³/mol. The molecule has 0 N–H and O–H groups in total. The zero-order valence-corrected chi connectivity index (χ0v) is 14.9. The zero-order valence-electron chi connectivity index (χ0n) is 13.3. The summed E-state index contributed by atoms with van der Waals surface area (Å²) >= 11 is 0. The number of ether oxygens (including phenoxy) is 3. The molecule has 0 aromatic rings. The van der Waals surface area contributed by atoms with Gasteiger partial charge in [-0.1, -0.05) is 28.0 Å². The summed E-state index contributed by atoms with van der Waals surface area (Å²) in [4.78, 5) is 11.6. The van der Waals surface area contributed by atoms with Crippen molar-refractivity contribution in [2.45, 2.75) is 69.3 Å². The molecule has 22 heavy (non-hydrogen) atoms. The number of carbonyl (C=O) groups excluding carboxylic acids is 1. The van der Waals surface area contributed by atoms with Gasteiger partial charge in [0.05, 0.1) is 13.2 Å². The van der Waals surface area contributed by atoms with E-state index in [-0.39, 0.29) is 12.3 Å². The molecule has 0 aliphatic carbocycles. The maximum atomic E-state index is 11.6. The van der Waals surface area contributed by atoms with E-state index < -0.39 is 0 Å². The molecular formula is C16H28O4S2. The number of esters is 1. The molecule has 2 unspecified atom stereocenters. The van der Waals surface area contributed by atoms with Gasteiger partial charge in [-0.3, -0.25) is 4.79 Å². The summed E-state index contributed by atoms with van der Waals surface area (Å²) in [5.74, 6) is 1.22. The van der Waals surface area contributed by atoms with Crippen molar-refractivity contribution >= 4 is 27.6 Å². The summed E-state index contributed by atoms with van der Waals surface area (Å²) < 4.78 is 16.3. The minimum absolute atomic E-state index is 0.0453. The molecule has 0 bridgehead atoms. The van der Waals surface area contributed by atoms with Crippen LogP contribution in [0.3, 0.4) is 0 Å². The van der Waals surface area contributed by atoms with Crippen molar-refractivity contribution in [1.29, 1.82) is 0 Å². The number of rotatable bonds is 10. The molecule has 2 heterocycles. The van der Waals surface area contributed by atoms with E-state index in [2.05, 4.69) is 0 Å². The van der Waals surface area contributed by atoms with Gasteiger partial charge in [0.1, 0.15) is 0 Å². The molecule has 2 aliphatic heterocycles. The zero-order chi connectivity index (χ0) is 15.5. The molecule has 0 aromatic heterocycles. The van der Waals surface area contributed by atoms with Crippen LogP contribution in [-0.2, 0) is 19.0 Å². The summed E-state index contributed by atoms with van der Waals surface area (Å²) in [6.07, 6.45) is 9.20. The maximum absolute atomic E-state index is 11.6. The lowest BCUT2D eigenvalue weighted by Gasteiger charge is -2.22. The molecule has 128 valence electrons. The van der Waals surface area contributed by atoms with Gasteiger partial charge in [-0.2, -0.15) is 0 Å². The third-order valence-electron chi connectivity index (χ3n) is 3.88. The van der Waals surface area contributed by atoms with Crippen molar-refractivity contribution in [3.8, 4) is 0 Å². The number of carbonyl (C=O) groups is 1. The topological polar surface area (TPSA) is 44.8 Å². The van der Waals surface area contributed by atoms with Crippen molar-refractivity contribution in [2.75, 3.05) is 25.6 Å². The Morgan fingerprint density at radius 2 is 2.09 bits per heavy atom. The van der Waals surface area contributed by atoms with E-state index in [1.54, 1.807) is 0 Å². The van der Waals surface area contributed by atoms with Crippen molar-refractivity contribution in [3.63, 3.8) is 0 Å². The second-order valence-corrected chi connectivity index (χ2v) is 8.60. The molecular weight excluding hydrogens is 320 g/mol. The third-order valence-corrected chi connectivity index (χ3v) is 6.88. The van der Waals surface area contributed by atoms with Crippen molar-refractivity contribution < 1.29 is 19.0 Å². The highest BCUT2D eigenvalue weighted by atomic mass is 33.1. The van der Waals surface area contributed by atoms with E-state index in [0.717, 1.165) is 44.0 Å². The highest BCUT2D eigenvalue weighted by Crippen LogP contribution is 2.39. The molecule has 2 aliphatic rings. The lowest BCUT2D eigenvalue weighted by Crippen LogP contribution is -2.23. The summed E-state index contributed by atoms with van der Waals surface area (Å²) in [6, 6.07) is 0. The van der Waals surface area contributed by atoms with Crippen molar-refractivity contribution in [1.82, 2.24) is 0 Å². The molecule has 0 spiro atoms. The second kappa shape index (κ2) is 11.6. The second-order valence-electron chi connectivity index (χ2n) is 5.82. The van der Waals surface area contributed by atoms with Gasteiger partial charge >= 0.3 is 5.97 Å². The van der Waals surface area contributed by atoms with Crippen LogP contribution in [0.2, 0.25) is 0 Å². The molecule has 2 fully saturated rings. The minimum Gasteiger partial charge on any atom is -0.466 e. The molecule has 0 aromatic carbocycles. The van der Waals surface area contributed by atoms with E-state index >= 15 is 0 Å². The largest absolute Gasteiger partial charge is 0.466 e. The summed E-state index contributed by atoms with van der Waals surface area (Å²) in [6.45, 7) is 1.87. The van der Waals surface area contributed by atoms with Gasteiger partial charge in [-0.25, -0.2) is 0 Å². The van der Waals surface area contributed by atoms with Gasteiger partial charge in [0, 0.05) is 30.5 Å². The fraction of sp³-hybridized carbons (Fsp3) is 0.938. The Kier molecular flexibility index (Phi) is 9.72. The van der Waals surface area contributed by atoms with Gasteiger partial charge in [-0.15, -0.1) is 0 Å². The number of unbranched alkanes of at least 4 members (excludes halogenated alkanes) is 1. The monoisotopic (exact) mass is 348 g/mol. The van der Waals surface area contributed by atoms with Crippen LogP contribution < -0.4 is 0 Å².